The molecule has 1 aliphatic heterocycles. The average molecular weight is 232 g/mol. The lowest BCUT2D eigenvalue weighted by atomic mass is 10.1. The number of hydrogen-bond donors (Lipinski definition) is 1. The molecule has 1 unspecified atom stereocenters. The maximum atomic E-state index is 5.74. The molecule has 90 valence electrons. The predicted molar refractivity (Wildman–Crippen MR) is 63.4 cm³/mol. The lowest BCUT2D eigenvalue weighted by Gasteiger charge is -2.20. The van der Waals surface area contributed by atoms with Crippen LogP contribution in [0.15, 0.2) is 18.3 Å². The van der Waals surface area contributed by atoms with Gasteiger partial charge in [-0.1, -0.05) is 0 Å². The summed E-state index contributed by atoms with van der Waals surface area (Å²) < 4.78 is 7.73. The van der Waals surface area contributed by atoms with Gasteiger partial charge in [0, 0.05) is 19.3 Å². The van der Waals surface area contributed by atoms with Gasteiger partial charge in [0.1, 0.15) is 6.10 Å². The minimum atomic E-state index is 0.0856. The van der Waals surface area contributed by atoms with Crippen molar-refractivity contribution in [2.45, 2.75) is 31.9 Å². The van der Waals surface area contributed by atoms with Crippen molar-refractivity contribution in [2.75, 3.05) is 6.61 Å². The van der Waals surface area contributed by atoms with Crippen molar-refractivity contribution < 1.29 is 4.74 Å². The first kappa shape index (κ1) is 10.7. The largest absolute Gasteiger partial charge is 0.370 e. The zero-order chi connectivity index (χ0) is 11.7. The van der Waals surface area contributed by atoms with Gasteiger partial charge in [-0.2, -0.15) is 0 Å². The average Bonchev–Trinajstić information content (AvgIpc) is 2.82. The lowest BCUT2D eigenvalue weighted by molar-refractivity contribution is 0.00885. The van der Waals surface area contributed by atoms with Crippen molar-refractivity contribution in [3.63, 3.8) is 0 Å². The van der Waals surface area contributed by atoms with Crippen LogP contribution in [0.25, 0.3) is 5.65 Å². The summed E-state index contributed by atoms with van der Waals surface area (Å²) in [6.07, 6.45) is 5.43. The Balaban J connectivity index is 1.99. The Hall–Kier alpha value is -1.46. The molecule has 2 aromatic rings. The van der Waals surface area contributed by atoms with Gasteiger partial charge in [0.2, 0.25) is 0 Å². The highest BCUT2D eigenvalue weighted by Gasteiger charge is 2.21. The van der Waals surface area contributed by atoms with E-state index in [1.165, 1.54) is 6.42 Å². The smallest absolute Gasteiger partial charge is 0.166 e. The van der Waals surface area contributed by atoms with Crippen molar-refractivity contribution in [3.8, 4) is 0 Å². The maximum absolute atomic E-state index is 5.74. The normalized spacial score (nSPS) is 20.9. The number of nitrogens with zero attached hydrogens (tertiary/aromatic N) is 3. The second-order valence-corrected chi connectivity index (χ2v) is 4.38. The summed E-state index contributed by atoms with van der Waals surface area (Å²) >= 11 is 0. The second-order valence-electron chi connectivity index (χ2n) is 4.38. The van der Waals surface area contributed by atoms with Crippen molar-refractivity contribution in [3.05, 3.63) is 29.7 Å². The molecule has 17 heavy (non-hydrogen) atoms. The third-order valence-corrected chi connectivity index (χ3v) is 3.20. The summed E-state index contributed by atoms with van der Waals surface area (Å²) in [5, 5.41) is 8.42. The van der Waals surface area contributed by atoms with Crippen LogP contribution in [0.4, 0.5) is 0 Å². The van der Waals surface area contributed by atoms with Gasteiger partial charge < -0.3 is 10.5 Å². The van der Waals surface area contributed by atoms with E-state index in [-0.39, 0.29) is 6.10 Å². The molecule has 3 heterocycles. The molecule has 5 nitrogen and oxygen atoms in total. The number of pyridine rings is 1. The zero-order valence-electron chi connectivity index (χ0n) is 9.67. The summed E-state index contributed by atoms with van der Waals surface area (Å²) in [4.78, 5) is 0. The summed E-state index contributed by atoms with van der Waals surface area (Å²) in [5.74, 6) is 0.906. The minimum Gasteiger partial charge on any atom is -0.370 e. The number of rotatable bonds is 2. The van der Waals surface area contributed by atoms with E-state index in [9.17, 15) is 0 Å². The van der Waals surface area contributed by atoms with Gasteiger partial charge in [0.25, 0.3) is 0 Å². The first-order valence-electron chi connectivity index (χ1n) is 6.04. The highest BCUT2D eigenvalue weighted by molar-refractivity contribution is 5.41. The third kappa shape index (κ3) is 1.92. The van der Waals surface area contributed by atoms with Crippen LogP contribution in [0.1, 0.15) is 36.8 Å². The number of ether oxygens (including phenoxy) is 1. The Bertz CT molecular complexity index is 516. The predicted octanol–water partition coefficient (Wildman–Crippen LogP) is 1.43. The van der Waals surface area contributed by atoms with E-state index in [0.29, 0.717) is 6.54 Å². The van der Waals surface area contributed by atoms with E-state index < -0.39 is 0 Å². The summed E-state index contributed by atoms with van der Waals surface area (Å²) in [6.45, 7) is 1.35. The standard InChI is InChI=1S/C12H16N4O/c13-8-9-4-5-16-11(7-9)14-15-12(16)10-3-1-2-6-17-10/h4-5,7,10H,1-3,6,8,13H2. The number of nitrogens with two attached hydrogens (primary N) is 1. The molecule has 0 amide bonds. The molecular formula is C12H16N4O. The van der Waals surface area contributed by atoms with Crippen LogP contribution in [0.2, 0.25) is 0 Å². The highest BCUT2D eigenvalue weighted by atomic mass is 16.5. The fourth-order valence-electron chi connectivity index (χ4n) is 2.24. The van der Waals surface area contributed by atoms with Gasteiger partial charge >= 0.3 is 0 Å². The Morgan fingerprint density at radius 3 is 3.12 bits per heavy atom. The van der Waals surface area contributed by atoms with Crippen LogP contribution >= 0.6 is 0 Å². The van der Waals surface area contributed by atoms with Gasteiger partial charge in [-0.05, 0) is 37.0 Å². The molecule has 0 aromatic carbocycles. The molecule has 1 aliphatic rings. The van der Waals surface area contributed by atoms with Crippen LogP contribution in [0, 0.1) is 0 Å². The SMILES string of the molecule is NCc1ccn2c(C3CCCCO3)nnc2c1. The van der Waals surface area contributed by atoms with E-state index in [4.69, 9.17) is 10.5 Å². The molecule has 1 atom stereocenters. The molecule has 2 N–H and O–H groups in total. The molecule has 2 aromatic heterocycles. The van der Waals surface area contributed by atoms with E-state index >= 15 is 0 Å². The molecule has 0 aliphatic carbocycles. The number of aromatic nitrogens is 3. The van der Waals surface area contributed by atoms with Crippen molar-refractivity contribution in [1.82, 2.24) is 14.6 Å². The molecule has 0 spiro atoms. The van der Waals surface area contributed by atoms with Crippen LogP contribution in [0.3, 0.4) is 0 Å². The summed E-state index contributed by atoms with van der Waals surface area (Å²) in [6, 6.07) is 3.97. The van der Waals surface area contributed by atoms with E-state index in [1.807, 2.05) is 22.7 Å². The van der Waals surface area contributed by atoms with Crippen molar-refractivity contribution >= 4 is 5.65 Å². The fourth-order valence-corrected chi connectivity index (χ4v) is 2.24. The van der Waals surface area contributed by atoms with Crippen LogP contribution in [-0.4, -0.2) is 21.2 Å². The fraction of sp³-hybridized carbons (Fsp3) is 0.500. The molecular weight excluding hydrogens is 216 g/mol. The maximum Gasteiger partial charge on any atom is 0.166 e. The third-order valence-electron chi connectivity index (χ3n) is 3.20. The Labute approximate surface area is 99.6 Å². The van der Waals surface area contributed by atoms with Gasteiger partial charge in [-0.25, -0.2) is 0 Å². The van der Waals surface area contributed by atoms with Gasteiger partial charge in [-0.3, -0.25) is 4.40 Å². The monoisotopic (exact) mass is 232 g/mol. The summed E-state index contributed by atoms with van der Waals surface area (Å²) in [7, 11) is 0. The van der Waals surface area contributed by atoms with Crippen LogP contribution < -0.4 is 5.73 Å². The molecule has 1 fully saturated rings. The topological polar surface area (TPSA) is 65.4 Å². The molecule has 3 rings (SSSR count). The first-order valence-corrected chi connectivity index (χ1v) is 6.04. The summed E-state index contributed by atoms with van der Waals surface area (Å²) in [5.41, 5.74) is 7.52. The lowest BCUT2D eigenvalue weighted by Crippen LogP contribution is -2.14. The minimum absolute atomic E-state index is 0.0856. The Kier molecular flexibility index (Phi) is 2.78. The van der Waals surface area contributed by atoms with Crippen molar-refractivity contribution in [1.29, 1.82) is 0 Å². The Morgan fingerprint density at radius 2 is 2.35 bits per heavy atom. The van der Waals surface area contributed by atoms with E-state index in [1.54, 1.807) is 0 Å². The van der Waals surface area contributed by atoms with Crippen molar-refractivity contribution in [2.24, 2.45) is 5.73 Å². The molecule has 1 saturated heterocycles. The molecule has 0 bridgehead atoms. The molecule has 5 heteroatoms. The Morgan fingerprint density at radius 1 is 1.41 bits per heavy atom. The van der Waals surface area contributed by atoms with Crippen LogP contribution in [-0.2, 0) is 11.3 Å². The van der Waals surface area contributed by atoms with Crippen LogP contribution in [0.5, 0.6) is 0 Å². The number of fused-ring (bicyclic) bond motifs is 1. The van der Waals surface area contributed by atoms with Gasteiger partial charge in [0.15, 0.2) is 11.5 Å². The van der Waals surface area contributed by atoms with E-state index in [0.717, 1.165) is 36.5 Å². The quantitative estimate of drug-likeness (QED) is 0.850. The highest BCUT2D eigenvalue weighted by Crippen LogP contribution is 2.26. The zero-order valence-corrected chi connectivity index (χ0v) is 9.67. The first-order chi connectivity index (χ1) is 8.38. The van der Waals surface area contributed by atoms with Gasteiger partial charge in [-0.15, -0.1) is 10.2 Å². The molecule has 0 radical (unpaired) electrons. The molecule has 0 saturated carbocycles. The van der Waals surface area contributed by atoms with E-state index in [2.05, 4.69) is 10.2 Å². The second kappa shape index (κ2) is 4.43. The van der Waals surface area contributed by atoms with Gasteiger partial charge in [0.05, 0.1) is 0 Å². The number of hydrogen-bond acceptors (Lipinski definition) is 4.